The number of anilines is 1. The summed E-state index contributed by atoms with van der Waals surface area (Å²) in [6.07, 6.45) is 5.70. The zero-order valence-electron chi connectivity index (χ0n) is 10.5. The van der Waals surface area contributed by atoms with Gasteiger partial charge in [-0.1, -0.05) is 30.3 Å². The van der Waals surface area contributed by atoms with Crippen molar-refractivity contribution < 1.29 is 0 Å². The standard InChI is InChI=1S/C15H18N2S/c1-2-4-13(5-3-1)12-14-6-9-17(10-7-14)15-16-8-11-18-15/h1-5,8,11,14H,6-7,9-10,12H2. The van der Waals surface area contributed by atoms with Gasteiger partial charge in [-0.3, -0.25) is 0 Å². The number of rotatable bonds is 3. The van der Waals surface area contributed by atoms with Gasteiger partial charge in [0.25, 0.3) is 0 Å². The van der Waals surface area contributed by atoms with Gasteiger partial charge < -0.3 is 4.90 Å². The fourth-order valence-electron chi connectivity index (χ4n) is 2.65. The topological polar surface area (TPSA) is 16.1 Å². The Morgan fingerprint density at radius 1 is 1.17 bits per heavy atom. The highest BCUT2D eigenvalue weighted by Gasteiger charge is 2.20. The van der Waals surface area contributed by atoms with Gasteiger partial charge in [-0.15, -0.1) is 11.3 Å². The van der Waals surface area contributed by atoms with Gasteiger partial charge in [0.15, 0.2) is 5.13 Å². The van der Waals surface area contributed by atoms with Gasteiger partial charge in [0.2, 0.25) is 0 Å². The van der Waals surface area contributed by atoms with E-state index in [1.807, 2.05) is 6.20 Å². The lowest BCUT2D eigenvalue weighted by Gasteiger charge is -2.31. The highest BCUT2D eigenvalue weighted by Crippen LogP contribution is 2.26. The molecule has 3 rings (SSSR count). The lowest BCUT2D eigenvalue weighted by Crippen LogP contribution is -2.34. The summed E-state index contributed by atoms with van der Waals surface area (Å²) in [7, 11) is 0. The molecule has 2 heterocycles. The predicted octanol–water partition coefficient (Wildman–Crippen LogP) is 3.60. The van der Waals surface area contributed by atoms with Crippen molar-refractivity contribution >= 4 is 16.5 Å². The van der Waals surface area contributed by atoms with E-state index < -0.39 is 0 Å². The molecule has 0 saturated carbocycles. The Morgan fingerprint density at radius 3 is 2.61 bits per heavy atom. The lowest BCUT2D eigenvalue weighted by molar-refractivity contribution is 0.403. The van der Waals surface area contributed by atoms with Gasteiger partial charge in [-0.05, 0) is 30.7 Å². The second kappa shape index (κ2) is 5.53. The molecule has 1 saturated heterocycles. The van der Waals surface area contributed by atoms with E-state index in [1.165, 1.54) is 30.0 Å². The third kappa shape index (κ3) is 2.72. The smallest absolute Gasteiger partial charge is 0.185 e. The number of thiazole rings is 1. The molecule has 1 aromatic heterocycles. The van der Waals surface area contributed by atoms with E-state index in [2.05, 4.69) is 45.6 Å². The molecule has 1 fully saturated rings. The van der Waals surface area contributed by atoms with Gasteiger partial charge in [0, 0.05) is 24.7 Å². The minimum atomic E-state index is 0.837. The van der Waals surface area contributed by atoms with Crippen molar-refractivity contribution in [3.8, 4) is 0 Å². The summed E-state index contributed by atoms with van der Waals surface area (Å²) in [5.41, 5.74) is 1.48. The van der Waals surface area contributed by atoms with E-state index in [-0.39, 0.29) is 0 Å². The van der Waals surface area contributed by atoms with E-state index in [1.54, 1.807) is 11.3 Å². The van der Waals surface area contributed by atoms with E-state index >= 15 is 0 Å². The Labute approximate surface area is 112 Å². The maximum absolute atomic E-state index is 4.39. The van der Waals surface area contributed by atoms with Crippen LogP contribution in [-0.2, 0) is 6.42 Å². The molecule has 94 valence electrons. The molecule has 3 heteroatoms. The van der Waals surface area contributed by atoms with E-state index in [0.717, 1.165) is 19.0 Å². The summed E-state index contributed by atoms with van der Waals surface area (Å²) in [6.45, 7) is 2.32. The SMILES string of the molecule is c1ccc(CC2CCN(c3nccs3)CC2)cc1. The van der Waals surface area contributed by atoms with Crippen LogP contribution in [0.1, 0.15) is 18.4 Å². The maximum atomic E-state index is 4.39. The van der Waals surface area contributed by atoms with Crippen LogP contribution >= 0.6 is 11.3 Å². The third-order valence-electron chi connectivity index (χ3n) is 3.67. The van der Waals surface area contributed by atoms with Gasteiger partial charge in [-0.2, -0.15) is 0 Å². The van der Waals surface area contributed by atoms with Crippen LogP contribution in [0.3, 0.4) is 0 Å². The van der Waals surface area contributed by atoms with Crippen LogP contribution < -0.4 is 4.90 Å². The van der Waals surface area contributed by atoms with E-state index in [0.29, 0.717) is 0 Å². The zero-order valence-corrected chi connectivity index (χ0v) is 11.3. The Morgan fingerprint density at radius 2 is 1.94 bits per heavy atom. The molecule has 18 heavy (non-hydrogen) atoms. The Bertz CT molecular complexity index is 459. The molecule has 0 N–H and O–H groups in total. The van der Waals surface area contributed by atoms with Crippen LogP contribution in [0, 0.1) is 5.92 Å². The average molecular weight is 258 g/mol. The molecule has 1 aliphatic heterocycles. The molecule has 2 aromatic rings. The fraction of sp³-hybridized carbons (Fsp3) is 0.400. The first kappa shape index (κ1) is 11.7. The summed E-state index contributed by atoms with van der Waals surface area (Å²) in [6, 6.07) is 10.9. The fourth-order valence-corrected chi connectivity index (χ4v) is 3.34. The van der Waals surface area contributed by atoms with Crippen LogP contribution in [0.5, 0.6) is 0 Å². The number of hydrogen-bond acceptors (Lipinski definition) is 3. The zero-order chi connectivity index (χ0) is 12.2. The molecule has 0 atom stereocenters. The molecule has 0 unspecified atom stereocenters. The average Bonchev–Trinajstić information content (AvgIpc) is 2.95. The quantitative estimate of drug-likeness (QED) is 0.836. The summed E-state index contributed by atoms with van der Waals surface area (Å²) >= 11 is 1.75. The molecule has 2 nitrogen and oxygen atoms in total. The van der Waals surface area contributed by atoms with Crippen LogP contribution in [0.15, 0.2) is 41.9 Å². The van der Waals surface area contributed by atoms with Crippen molar-refractivity contribution in [3.63, 3.8) is 0 Å². The Balaban J connectivity index is 1.54. The molecular weight excluding hydrogens is 240 g/mol. The minimum absolute atomic E-state index is 0.837. The van der Waals surface area contributed by atoms with E-state index in [9.17, 15) is 0 Å². The summed E-state index contributed by atoms with van der Waals surface area (Å²) in [4.78, 5) is 6.82. The number of benzene rings is 1. The van der Waals surface area contributed by atoms with E-state index in [4.69, 9.17) is 0 Å². The molecular formula is C15H18N2S. The van der Waals surface area contributed by atoms with Crippen LogP contribution in [0.2, 0.25) is 0 Å². The van der Waals surface area contributed by atoms with Gasteiger partial charge in [0.1, 0.15) is 0 Å². The molecule has 0 bridgehead atoms. The van der Waals surface area contributed by atoms with Crippen LogP contribution in [0.4, 0.5) is 5.13 Å². The van der Waals surface area contributed by atoms with Gasteiger partial charge in [0.05, 0.1) is 0 Å². The summed E-state index contributed by atoms with van der Waals surface area (Å²) in [5.74, 6) is 0.837. The predicted molar refractivity (Wildman–Crippen MR) is 77.2 cm³/mol. The van der Waals surface area contributed by atoms with Crippen molar-refractivity contribution in [1.82, 2.24) is 4.98 Å². The van der Waals surface area contributed by atoms with Crippen molar-refractivity contribution in [2.24, 2.45) is 5.92 Å². The molecule has 1 aliphatic rings. The third-order valence-corrected chi connectivity index (χ3v) is 4.50. The largest absolute Gasteiger partial charge is 0.348 e. The lowest BCUT2D eigenvalue weighted by atomic mass is 9.90. The normalized spacial score (nSPS) is 17.0. The first-order valence-corrected chi connectivity index (χ1v) is 7.48. The van der Waals surface area contributed by atoms with Crippen molar-refractivity contribution in [2.45, 2.75) is 19.3 Å². The van der Waals surface area contributed by atoms with Crippen molar-refractivity contribution in [3.05, 3.63) is 47.5 Å². The van der Waals surface area contributed by atoms with Crippen molar-refractivity contribution in [2.75, 3.05) is 18.0 Å². The van der Waals surface area contributed by atoms with Crippen LogP contribution in [0.25, 0.3) is 0 Å². The number of hydrogen-bond donors (Lipinski definition) is 0. The van der Waals surface area contributed by atoms with Gasteiger partial charge in [-0.25, -0.2) is 4.98 Å². The highest BCUT2D eigenvalue weighted by atomic mass is 32.1. The van der Waals surface area contributed by atoms with Gasteiger partial charge >= 0.3 is 0 Å². The molecule has 0 spiro atoms. The Kier molecular flexibility index (Phi) is 3.60. The highest BCUT2D eigenvalue weighted by molar-refractivity contribution is 7.13. The number of piperidine rings is 1. The monoisotopic (exact) mass is 258 g/mol. The molecule has 1 aromatic carbocycles. The molecule has 0 aliphatic carbocycles. The summed E-state index contributed by atoms with van der Waals surface area (Å²) in [5, 5.41) is 3.25. The van der Waals surface area contributed by atoms with Crippen LogP contribution in [-0.4, -0.2) is 18.1 Å². The maximum Gasteiger partial charge on any atom is 0.185 e. The second-order valence-corrected chi connectivity index (χ2v) is 5.81. The molecule has 0 radical (unpaired) electrons. The second-order valence-electron chi connectivity index (χ2n) is 4.93. The Hall–Kier alpha value is -1.35. The minimum Gasteiger partial charge on any atom is -0.348 e. The summed E-state index contributed by atoms with van der Waals surface area (Å²) < 4.78 is 0. The van der Waals surface area contributed by atoms with Crippen molar-refractivity contribution in [1.29, 1.82) is 0 Å². The number of nitrogens with zero attached hydrogens (tertiary/aromatic N) is 2. The first-order valence-electron chi connectivity index (χ1n) is 6.60. The number of aromatic nitrogens is 1. The molecule has 0 amide bonds. The first-order chi connectivity index (χ1) is 8.92.